The average Bonchev–Trinajstić information content (AvgIpc) is 3.96. The monoisotopic (exact) mass is 870 g/mol. The van der Waals surface area contributed by atoms with E-state index < -0.39 is 77.6 Å². The molecule has 0 aliphatic carbocycles. The molecule has 0 saturated carbocycles. The zero-order valence-corrected chi connectivity index (χ0v) is 38.1. The highest BCUT2D eigenvalue weighted by Crippen LogP contribution is 2.40. The number of methoxy groups -OCH3 is 1. The normalized spacial score (nSPS) is 38.0. The average molecular weight is 870 g/mol. The number of nitrogen functional groups attached to an aromatic ring is 1. The van der Waals surface area contributed by atoms with E-state index in [1.807, 2.05) is 65.1 Å². The number of likely N-dealkylation sites (tertiary alicyclic amines) is 1. The molecule has 17 nitrogen and oxygen atoms in total. The summed E-state index contributed by atoms with van der Waals surface area (Å²) in [5.74, 6) is -3.28. The minimum atomic E-state index is -1.25. The van der Waals surface area contributed by atoms with Crippen LogP contribution in [0.25, 0.3) is 11.3 Å². The number of nitrogens with one attached hydrogen (secondary N) is 1. The Morgan fingerprint density at radius 1 is 1.06 bits per heavy atom. The number of fused-ring (bicyclic) bond motifs is 1. The first-order valence-electron chi connectivity index (χ1n) is 22.6. The number of hydrogen-bond acceptors (Lipinski definition) is 15. The molecule has 1 amide bonds. The number of ketones is 1. The SMILES string of the molecule is CC[C@H]1OC(=O)[C@H](C)C(=O)[C@H](C)[C@@H](O[C@@H]2OC(C)CC(N3CC[C@H](O)C3)C2O)[C@](C)(OC)C[C@@H](C)CN[C@H](C)[C@H]2N(CCCCn3cc(-c4cccc(N)c4)nn3)C(=O)O[C@]12C. The molecule has 4 aliphatic rings. The molecule has 0 radical (unpaired) electrons. The number of rotatable bonds is 11. The van der Waals surface area contributed by atoms with Gasteiger partial charge in [-0.3, -0.25) is 24.1 Å². The van der Waals surface area contributed by atoms with Crippen LogP contribution in [0.2, 0.25) is 0 Å². The van der Waals surface area contributed by atoms with Crippen molar-refractivity contribution in [3.05, 3.63) is 30.5 Å². The van der Waals surface area contributed by atoms with Crippen LogP contribution < -0.4 is 11.1 Å². The van der Waals surface area contributed by atoms with Crippen molar-refractivity contribution < 1.29 is 48.3 Å². The zero-order valence-electron chi connectivity index (χ0n) is 38.1. The lowest BCUT2D eigenvalue weighted by Gasteiger charge is -2.47. The lowest BCUT2D eigenvalue weighted by atomic mass is 9.78. The number of amides is 1. The molecule has 346 valence electrons. The van der Waals surface area contributed by atoms with Crippen LogP contribution in [0.1, 0.15) is 93.9 Å². The number of carbonyl (C=O) groups excluding carboxylic acids is 3. The van der Waals surface area contributed by atoms with E-state index in [9.17, 15) is 24.6 Å². The number of carbonyl (C=O) groups is 3. The summed E-state index contributed by atoms with van der Waals surface area (Å²) in [6.07, 6.45) is -0.0154. The van der Waals surface area contributed by atoms with Gasteiger partial charge in [-0.1, -0.05) is 38.1 Å². The number of nitrogens with zero attached hydrogens (tertiary/aromatic N) is 5. The number of ether oxygens (including phenoxy) is 5. The number of Topliss-reactive ketones (excluding diaryl/α,β-unsaturated/α-hetero) is 1. The Hall–Kier alpha value is -3.71. The molecule has 5 N–H and O–H groups in total. The van der Waals surface area contributed by atoms with E-state index in [0.717, 1.165) is 11.3 Å². The third kappa shape index (κ3) is 10.3. The molecular formula is C45H71N7O10. The Bertz CT molecular complexity index is 1850. The first kappa shape index (κ1) is 47.8. The maximum absolute atomic E-state index is 14.5. The number of unbranched alkanes of at least 4 members (excludes halogenated alkanes) is 1. The summed E-state index contributed by atoms with van der Waals surface area (Å²) in [7, 11) is 1.58. The van der Waals surface area contributed by atoms with Gasteiger partial charge in [0.2, 0.25) is 0 Å². The molecule has 62 heavy (non-hydrogen) atoms. The van der Waals surface area contributed by atoms with Crippen molar-refractivity contribution in [2.75, 3.05) is 39.0 Å². The molecule has 4 saturated heterocycles. The van der Waals surface area contributed by atoms with Gasteiger partial charge in [0.15, 0.2) is 17.7 Å². The second-order valence-corrected chi connectivity index (χ2v) is 18.8. The van der Waals surface area contributed by atoms with Crippen molar-refractivity contribution in [2.24, 2.45) is 17.8 Å². The molecule has 17 heteroatoms. The zero-order chi connectivity index (χ0) is 45.1. The Morgan fingerprint density at radius 2 is 1.81 bits per heavy atom. The first-order chi connectivity index (χ1) is 29.4. The maximum atomic E-state index is 14.5. The van der Waals surface area contributed by atoms with E-state index >= 15 is 0 Å². The number of aliphatic hydroxyl groups is 2. The number of anilines is 1. The summed E-state index contributed by atoms with van der Waals surface area (Å²) in [4.78, 5) is 46.2. The van der Waals surface area contributed by atoms with Crippen molar-refractivity contribution >= 4 is 23.5 Å². The lowest BCUT2D eigenvalue weighted by molar-refractivity contribution is -0.296. The van der Waals surface area contributed by atoms with Gasteiger partial charge in [0.25, 0.3) is 0 Å². The second kappa shape index (κ2) is 20.0. The molecule has 6 rings (SSSR count). The Labute approximate surface area is 366 Å². The van der Waals surface area contributed by atoms with E-state index in [2.05, 4.69) is 27.5 Å². The molecule has 14 atom stereocenters. The Balaban J connectivity index is 1.21. The number of nitrogens with two attached hydrogens (primary N) is 1. The van der Waals surface area contributed by atoms with Crippen LogP contribution in [-0.4, -0.2) is 152 Å². The molecular weight excluding hydrogens is 799 g/mol. The summed E-state index contributed by atoms with van der Waals surface area (Å²) in [5, 5.41) is 34.3. The molecule has 0 bridgehead atoms. The molecule has 3 unspecified atom stereocenters. The van der Waals surface area contributed by atoms with Crippen LogP contribution in [-0.2, 0) is 39.8 Å². The minimum absolute atomic E-state index is 0.0363. The van der Waals surface area contributed by atoms with Crippen LogP contribution in [0.3, 0.4) is 0 Å². The summed E-state index contributed by atoms with van der Waals surface area (Å²) in [6.45, 7) is 17.4. The number of aliphatic hydroxyl groups excluding tert-OH is 2. The topological polar surface area (TPSA) is 213 Å². The van der Waals surface area contributed by atoms with Gasteiger partial charge in [0.05, 0.1) is 36.2 Å². The number of aromatic nitrogens is 3. The van der Waals surface area contributed by atoms with E-state index in [4.69, 9.17) is 29.4 Å². The van der Waals surface area contributed by atoms with Crippen molar-refractivity contribution in [3.63, 3.8) is 0 Å². The maximum Gasteiger partial charge on any atom is 0.410 e. The minimum Gasteiger partial charge on any atom is -0.458 e. The number of cyclic esters (lactones) is 1. The van der Waals surface area contributed by atoms with Crippen LogP contribution in [0, 0.1) is 17.8 Å². The standard InChI is InChI=1S/C45H71N7O10/c1-10-36-45(8)39(52(43(57)62-45)18-12-11-17-51-25-34(48-49-51)31-14-13-15-32(46)21-31)30(6)47-23-26(2)22-44(7,58-9)40(28(4)37(54)29(5)41(56)60-36)61-42-38(55)35(20-27(3)59-42)50-19-16-33(53)24-50/h13-15,21,25-30,33,35-36,38-40,42,47,53,55H,10-12,16-20,22-24,46H2,1-9H3/t26-,27?,28+,29-,30-,33+,35?,36-,38?,39-,40-,42+,44-,45-/m1/s1. The first-order valence-corrected chi connectivity index (χ1v) is 22.6. The molecule has 2 aromatic rings. The fourth-order valence-corrected chi connectivity index (χ4v) is 10.4. The highest BCUT2D eigenvalue weighted by molar-refractivity contribution is 6.00. The molecule has 1 aromatic carbocycles. The van der Waals surface area contributed by atoms with Gasteiger partial charge in [-0.15, -0.1) is 5.10 Å². The summed E-state index contributed by atoms with van der Waals surface area (Å²) in [6, 6.07) is 6.33. The number of benzene rings is 1. The summed E-state index contributed by atoms with van der Waals surface area (Å²) < 4.78 is 33.5. The van der Waals surface area contributed by atoms with Crippen LogP contribution in [0.5, 0.6) is 0 Å². The third-order valence-electron chi connectivity index (χ3n) is 13.8. The summed E-state index contributed by atoms with van der Waals surface area (Å²) in [5.41, 5.74) is 5.89. The Morgan fingerprint density at radius 3 is 2.48 bits per heavy atom. The number of β-amino-alcohol motifs (C(OH)–C–C–N with tert-alkyl or cyclic N) is 1. The van der Waals surface area contributed by atoms with Gasteiger partial charge in [0.1, 0.15) is 23.8 Å². The van der Waals surface area contributed by atoms with Crippen LogP contribution in [0.4, 0.5) is 10.5 Å². The smallest absolute Gasteiger partial charge is 0.410 e. The number of hydrogen-bond donors (Lipinski definition) is 4. The van der Waals surface area contributed by atoms with Gasteiger partial charge in [-0.2, -0.15) is 0 Å². The van der Waals surface area contributed by atoms with E-state index in [0.29, 0.717) is 76.9 Å². The Kier molecular flexibility index (Phi) is 15.4. The molecule has 4 aliphatic heterocycles. The highest BCUT2D eigenvalue weighted by Gasteiger charge is 2.59. The van der Waals surface area contributed by atoms with Gasteiger partial charge in [0, 0.05) is 62.5 Å². The molecule has 4 fully saturated rings. The molecule has 5 heterocycles. The third-order valence-corrected chi connectivity index (χ3v) is 13.8. The number of aryl methyl sites for hydroxylation is 1. The van der Waals surface area contributed by atoms with Crippen molar-refractivity contribution in [3.8, 4) is 11.3 Å². The van der Waals surface area contributed by atoms with E-state index in [1.54, 1.807) is 23.6 Å². The van der Waals surface area contributed by atoms with E-state index in [1.165, 1.54) is 6.92 Å². The summed E-state index contributed by atoms with van der Waals surface area (Å²) >= 11 is 0. The molecule has 1 aromatic heterocycles. The van der Waals surface area contributed by atoms with Gasteiger partial charge in [-0.05, 0) is 97.7 Å². The van der Waals surface area contributed by atoms with Crippen LogP contribution >= 0.6 is 0 Å². The number of esters is 1. The predicted octanol–water partition coefficient (Wildman–Crippen LogP) is 3.79. The van der Waals surface area contributed by atoms with E-state index in [-0.39, 0.29) is 24.1 Å². The second-order valence-electron chi connectivity index (χ2n) is 18.8. The lowest BCUT2D eigenvalue weighted by Crippen LogP contribution is -2.61. The molecule has 0 spiro atoms. The van der Waals surface area contributed by atoms with Crippen molar-refractivity contribution in [1.29, 1.82) is 0 Å². The van der Waals surface area contributed by atoms with Gasteiger partial charge >= 0.3 is 12.1 Å². The van der Waals surface area contributed by atoms with Crippen LogP contribution in [0.15, 0.2) is 30.5 Å². The highest BCUT2D eigenvalue weighted by atomic mass is 16.7. The van der Waals surface area contributed by atoms with Gasteiger partial charge < -0.3 is 44.9 Å². The van der Waals surface area contributed by atoms with Gasteiger partial charge in [-0.25, -0.2) is 4.79 Å². The van der Waals surface area contributed by atoms with Crippen molar-refractivity contribution in [2.45, 2.75) is 167 Å². The quantitative estimate of drug-likeness (QED) is 0.110. The van der Waals surface area contributed by atoms with Crippen molar-refractivity contribution in [1.82, 2.24) is 30.1 Å². The predicted molar refractivity (Wildman–Crippen MR) is 230 cm³/mol. The fourth-order valence-electron chi connectivity index (χ4n) is 10.4. The fraction of sp³-hybridized carbons (Fsp3) is 0.756. The largest absolute Gasteiger partial charge is 0.458 e.